The molecule has 122 valence electrons. The van der Waals surface area contributed by atoms with Crippen LogP contribution in [0.1, 0.15) is 31.2 Å². The molecule has 22 heavy (non-hydrogen) atoms. The van der Waals surface area contributed by atoms with E-state index in [1.54, 1.807) is 28.2 Å². The molecular weight excluding hydrogens is 318 g/mol. The summed E-state index contributed by atoms with van der Waals surface area (Å²) < 4.78 is 33.9. The summed E-state index contributed by atoms with van der Waals surface area (Å²) >= 11 is 1.63. The normalized spacial score (nSPS) is 30.0. The fourth-order valence-electron chi connectivity index (χ4n) is 3.69. The number of hydrogen-bond donors (Lipinski definition) is 0. The Morgan fingerprint density at radius 3 is 2.59 bits per heavy atom. The molecule has 3 rings (SSSR count). The number of rotatable bonds is 3. The van der Waals surface area contributed by atoms with Crippen LogP contribution < -0.4 is 0 Å². The van der Waals surface area contributed by atoms with E-state index in [1.807, 2.05) is 25.3 Å². The number of sulfonamides is 1. The largest absolute Gasteiger partial charge is 0.366 e. The van der Waals surface area contributed by atoms with Crippen LogP contribution in [0.15, 0.2) is 29.2 Å². The van der Waals surface area contributed by atoms with Gasteiger partial charge in [-0.05, 0) is 51.0 Å². The summed E-state index contributed by atoms with van der Waals surface area (Å²) in [7, 11) is -3.47. The highest BCUT2D eigenvalue weighted by molar-refractivity contribution is 7.99. The second-order valence-corrected chi connectivity index (χ2v) is 8.90. The number of nitrogens with zero attached hydrogens (tertiary/aromatic N) is 1. The summed E-state index contributed by atoms with van der Waals surface area (Å²) in [6, 6.07) is 7.15. The molecule has 2 aliphatic rings. The molecule has 0 aliphatic carbocycles. The maximum absolute atomic E-state index is 13.1. The maximum atomic E-state index is 13.1. The molecule has 0 bridgehead atoms. The maximum Gasteiger partial charge on any atom is 0.243 e. The van der Waals surface area contributed by atoms with Crippen LogP contribution >= 0.6 is 11.8 Å². The van der Waals surface area contributed by atoms with Crippen LogP contribution in [0.4, 0.5) is 0 Å². The Morgan fingerprint density at radius 1 is 1.23 bits per heavy atom. The minimum absolute atomic E-state index is 0.0658. The Balaban J connectivity index is 2.00. The first-order chi connectivity index (χ1) is 10.5. The molecule has 1 spiro atoms. The lowest BCUT2D eigenvalue weighted by atomic mass is 9.90. The van der Waals surface area contributed by atoms with E-state index in [9.17, 15) is 8.42 Å². The summed E-state index contributed by atoms with van der Waals surface area (Å²) in [5.41, 5.74) is 0.628. The standard InChI is InChI=1S/C16H23NO3S2/c1-13-5-7-14(8-6-13)22(18,19)17-11-3-9-16(17)10-4-12-20-15(16)21-2/h5-8,15H,3-4,9-12H2,1-2H3. The van der Waals surface area contributed by atoms with E-state index in [4.69, 9.17) is 4.74 Å². The number of benzene rings is 1. The van der Waals surface area contributed by atoms with E-state index in [1.165, 1.54) is 0 Å². The van der Waals surface area contributed by atoms with Crippen LogP contribution in [0, 0.1) is 6.92 Å². The Morgan fingerprint density at radius 2 is 1.91 bits per heavy atom. The van der Waals surface area contributed by atoms with E-state index in [-0.39, 0.29) is 11.0 Å². The first-order valence-corrected chi connectivity index (χ1v) is 10.5. The highest BCUT2D eigenvalue weighted by Crippen LogP contribution is 2.46. The lowest BCUT2D eigenvalue weighted by molar-refractivity contribution is -0.0227. The Labute approximate surface area is 137 Å². The highest BCUT2D eigenvalue weighted by atomic mass is 32.2. The van der Waals surface area contributed by atoms with Crippen molar-refractivity contribution >= 4 is 21.8 Å². The van der Waals surface area contributed by atoms with Gasteiger partial charge >= 0.3 is 0 Å². The average Bonchev–Trinajstić information content (AvgIpc) is 2.93. The molecule has 6 heteroatoms. The summed E-state index contributed by atoms with van der Waals surface area (Å²) in [5.74, 6) is 0. The Hall–Kier alpha value is -0.560. The van der Waals surface area contributed by atoms with Crippen LogP contribution in [0.25, 0.3) is 0 Å². The molecule has 4 nitrogen and oxygen atoms in total. The summed E-state index contributed by atoms with van der Waals surface area (Å²) in [6.45, 7) is 3.29. The first-order valence-electron chi connectivity index (χ1n) is 7.75. The predicted molar refractivity (Wildman–Crippen MR) is 89.5 cm³/mol. The first kappa shape index (κ1) is 16.3. The van der Waals surface area contributed by atoms with Crippen LogP contribution in [-0.2, 0) is 14.8 Å². The van der Waals surface area contributed by atoms with Gasteiger partial charge < -0.3 is 4.74 Å². The fraction of sp³-hybridized carbons (Fsp3) is 0.625. The van der Waals surface area contributed by atoms with Crippen molar-refractivity contribution in [3.63, 3.8) is 0 Å². The van der Waals surface area contributed by atoms with Gasteiger partial charge in [-0.15, -0.1) is 11.8 Å². The van der Waals surface area contributed by atoms with Crippen molar-refractivity contribution in [1.82, 2.24) is 4.31 Å². The van der Waals surface area contributed by atoms with Gasteiger partial charge in [-0.1, -0.05) is 17.7 Å². The zero-order valence-corrected chi connectivity index (χ0v) is 14.8. The van der Waals surface area contributed by atoms with Crippen molar-refractivity contribution in [2.24, 2.45) is 0 Å². The van der Waals surface area contributed by atoms with Gasteiger partial charge in [-0.2, -0.15) is 4.31 Å². The fourth-order valence-corrected chi connectivity index (χ4v) is 6.65. The number of ether oxygens (including phenoxy) is 1. The minimum Gasteiger partial charge on any atom is -0.366 e. The van der Waals surface area contributed by atoms with Gasteiger partial charge in [-0.25, -0.2) is 8.42 Å². The van der Waals surface area contributed by atoms with Gasteiger partial charge in [-0.3, -0.25) is 0 Å². The molecule has 0 N–H and O–H groups in total. The third kappa shape index (κ3) is 2.60. The van der Waals surface area contributed by atoms with Gasteiger partial charge in [0.1, 0.15) is 5.44 Å². The molecule has 0 saturated carbocycles. The molecule has 0 aromatic heterocycles. The van der Waals surface area contributed by atoms with E-state index >= 15 is 0 Å². The molecule has 2 atom stereocenters. The summed E-state index contributed by atoms with van der Waals surface area (Å²) in [4.78, 5) is 0.393. The summed E-state index contributed by atoms with van der Waals surface area (Å²) in [6.07, 6.45) is 5.63. The molecule has 2 aliphatic heterocycles. The van der Waals surface area contributed by atoms with Gasteiger partial charge in [0.05, 0.1) is 10.4 Å². The highest BCUT2D eigenvalue weighted by Gasteiger charge is 2.53. The van der Waals surface area contributed by atoms with E-state index < -0.39 is 10.0 Å². The smallest absolute Gasteiger partial charge is 0.243 e. The predicted octanol–water partition coefficient (Wildman–Crippen LogP) is 3.02. The van der Waals surface area contributed by atoms with Gasteiger partial charge in [0.2, 0.25) is 10.0 Å². The molecular formula is C16H23NO3S2. The number of hydrogen-bond acceptors (Lipinski definition) is 4. The summed E-state index contributed by atoms with van der Waals surface area (Å²) in [5, 5.41) is 0. The van der Waals surface area contributed by atoms with Crippen molar-refractivity contribution in [2.75, 3.05) is 19.4 Å². The van der Waals surface area contributed by atoms with Gasteiger partial charge in [0.15, 0.2) is 0 Å². The SMILES string of the molecule is CSC1OCCCC12CCCN2S(=O)(=O)c1ccc(C)cc1. The molecule has 1 aromatic rings. The number of aryl methyl sites for hydroxylation is 1. The lowest BCUT2D eigenvalue weighted by Gasteiger charge is -2.45. The van der Waals surface area contributed by atoms with Crippen LogP contribution in [0.2, 0.25) is 0 Å². The number of thioether (sulfide) groups is 1. The molecule has 2 unspecified atom stereocenters. The molecule has 1 aromatic carbocycles. The van der Waals surface area contributed by atoms with Crippen molar-refractivity contribution in [2.45, 2.75) is 48.5 Å². The van der Waals surface area contributed by atoms with E-state index in [0.717, 1.165) is 37.9 Å². The molecule has 0 radical (unpaired) electrons. The Bertz CT molecular complexity index is 629. The Kier molecular flexibility index (Phi) is 4.56. The monoisotopic (exact) mass is 341 g/mol. The van der Waals surface area contributed by atoms with E-state index in [0.29, 0.717) is 11.4 Å². The molecule has 2 fully saturated rings. The second-order valence-electron chi connectivity index (χ2n) is 6.14. The van der Waals surface area contributed by atoms with Crippen molar-refractivity contribution in [3.8, 4) is 0 Å². The minimum atomic E-state index is -3.47. The molecule has 0 amide bonds. The van der Waals surface area contributed by atoms with Crippen molar-refractivity contribution < 1.29 is 13.2 Å². The second kappa shape index (κ2) is 6.15. The lowest BCUT2D eigenvalue weighted by Crippen LogP contribution is -2.56. The topological polar surface area (TPSA) is 46.6 Å². The molecule has 2 heterocycles. The van der Waals surface area contributed by atoms with Gasteiger partial charge in [0.25, 0.3) is 0 Å². The zero-order chi connectivity index (χ0) is 15.8. The third-order valence-electron chi connectivity index (χ3n) is 4.75. The van der Waals surface area contributed by atoms with Crippen LogP contribution in [0.3, 0.4) is 0 Å². The van der Waals surface area contributed by atoms with Crippen LogP contribution in [-0.4, -0.2) is 43.1 Å². The quantitative estimate of drug-likeness (QED) is 0.848. The van der Waals surface area contributed by atoms with Crippen molar-refractivity contribution in [1.29, 1.82) is 0 Å². The molecule has 2 saturated heterocycles. The van der Waals surface area contributed by atoms with Crippen LogP contribution in [0.5, 0.6) is 0 Å². The van der Waals surface area contributed by atoms with Crippen molar-refractivity contribution in [3.05, 3.63) is 29.8 Å². The van der Waals surface area contributed by atoms with Gasteiger partial charge in [0, 0.05) is 13.2 Å². The average molecular weight is 341 g/mol. The zero-order valence-electron chi connectivity index (χ0n) is 13.1. The van der Waals surface area contributed by atoms with E-state index in [2.05, 4.69) is 0 Å². The third-order valence-corrected chi connectivity index (χ3v) is 7.75.